The lowest BCUT2D eigenvalue weighted by Gasteiger charge is -2.67. The molecule has 0 amide bonds. The molecule has 10 N–H and O–H groups in total. The number of carbonyl (C=O) groups excluding carboxylic acids is 1. The molecule has 11 nitrogen and oxygen atoms in total. The Morgan fingerprint density at radius 1 is 0.923 bits per heavy atom. The average molecular weight is 902 g/mol. The summed E-state index contributed by atoms with van der Waals surface area (Å²) < 4.78 is 7.22. The van der Waals surface area contributed by atoms with E-state index in [-0.39, 0.29) is 67.0 Å². The second kappa shape index (κ2) is 17.4. The predicted molar refractivity (Wildman–Crippen MR) is 249 cm³/mol. The smallest absolute Gasteiger partial charge is 0.182 e. The van der Waals surface area contributed by atoms with Gasteiger partial charge in [-0.2, -0.15) is 0 Å². The van der Waals surface area contributed by atoms with E-state index in [1.807, 2.05) is 19.2 Å². The number of dihydropyridines is 1. The molecule has 19 unspecified atom stereocenters. The molecule has 65 heavy (non-hydrogen) atoms. The standard InChI is InChI=1S/C54H83N3O8/c1-4-10-32-14-19-37-38-13-8-9-23-54(64,49(38)65-42(37)20-15-32)50(3,62)43-22-24-53(63)46-45-34(27-52(43,53)36-11-6-5-7-12-36)17-16-33(35-18-21-44(55)56-30-35)26-51(45)28-41(60)40(59)25-39(51)48(61)47(46)57-29-31(2)58/h16-18,21,30-34,36-45,49,56-60,62-64H,4-15,19-20,22-29,55H2,1-3H3. The molecule has 362 valence electrons. The Bertz CT molecular complexity index is 1920. The molecule has 1 spiro atoms. The number of hydrogen-bond acceptors (Lipinski definition) is 11. The molecule has 0 bridgehead atoms. The number of ketones is 1. The Morgan fingerprint density at radius 2 is 1.69 bits per heavy atom. The van der Waals surface area contributed by atoms with E-state index in [0.29, 0.717) is 49.3 Å². The van der Waals surface area contributed by atoms with Crippen LogP contribution in [0, 0.1) is 64.1 Å². The molecular weight excluding hydrogens is 819 g/mol. The average Bonchev–Trinajstić information content (AvgIpc) is 3.57. The number of aliphatic hydroxyl groups is 6. The van der Waals surface area contributed by atoms with Crippen LogP contribution in [0.1, 0.15) is 156 Å². The highest BCUT2D eigenvalue weighted by Crippen LogP contribution is 2.76. The van der Waals surface area contributed by atoms with E-state index in [0.717, 1.165) is 82.1 Å². The number of allylic oxidation sites excluding steroid dienone is 5. The van der Waals surface area contributed by atoms with E-state index < -0.39 is 63.9 Å². The maximum Gasteiger partial charge on any atom is 0.182 e. The highest BCUT2D eigenvalue weighted by atomic mass is 16.5. The number of Topliss-reactive ketones (excluding diaryl/α,β-unsaturated/α-hetero) is 1. The minimum absolute atomic E-state index is 0.0209. The van der Waals surface area contributed by atoms with Gasteiger partial charge in [0.1, 0.15) is 5.60 Å². The molecule has 1 saturated heterocycles. The van der Waals surface area contributed by atoms with Gasteiger partial charge < -0.3 is 51.7 Å². The molecule has 6 saturated carbocycles. The van der Waals surface area contributed by atoms with Crippen molar-refractivity contribution in [1.82, 2.24) is 10.6 Å². The lowest BCUT2D eigenvalue weighted by molar-refractivity contribution is -0.265. The van der Waals surface area contributed by atoms with E-state index in [2.05, 4.69) is 35.8 Å². The first-order valence-electron chi connectivity index (χ1n) is 26.6. The molecule has 2 aliphatic heterocycles. The molecule has 19 atom stereocenters. The van der Waals surface area contributed by atoms with Crippen molar-refractivity contribution in [3.05, 3.63) is 47.3 Å². The lowest BCUT2D eigenvalue weighted by atomic mass is 9.38. The molecule has 10 aliphatic rings. The molecule has 8 aliphatic carbocycles. The Balaban J connectivity index is 1.14. The third-order valence-corrected chi connectivity index (χ3v) is 20.6. The summed E-state index contributed by atoms with van der Waals surface area (Å²) in [6.07, 6.45) is 24.3. The van der Waals surface area contributed by atoms with Crippen molar-refractivity contribution in [2.45, 2.75) is 209 Å². The second-order valence-electron chi connectivity index (χ2n) is 23.9. The molecule has 0 radical (unpaired) electrons. The van der Waals surface area contributed by atoms with Crippen LogP contribution in [0.4, 0.5) is 0 Å². The van der Waals surface area contributed by atoms with E-state index >= 15 is 4.79 Å². The van der Waals surface area contributed by atoms with Crippen molar-refractivity contribution in [3.8, 4) is 0 Å². The zero-order valence-electron chi connectivity index (χ0n) is 39.7. The first kappa shape index (κ1) is 46.6. The largest absolute Gasteiger partial charge is 0.392 e. The van der Waals surface area contributed by atoms with Crippen molar-refractivity contribution in [2.24, 2.45) is 69.8 Å². The Hall–Kier alpha value is -2.09. The molecule has 11 heteroatoms. The minimum atomic E-state index is -1.64. The van der Waals surface area contributed by atoms with Gasteiger partial charge in [0.15, 0.2) is 5.78 Å². The predicted octanol–water partition coefficient (Wildman–Crippen LogP) is 6.21. The van der Waals surface area contributed by atoms with Crippen molar-refractivity contribution >= 4 is 5.78 Å². The van der Waals surface area contributed by atoms with Gasteiger partial charge in [-0.15, -0.1) is 0 Å². The first-order valence-corrected chi connectivity index (χ1v) is 26.6. The fourth-order valence-corrected chi connectivity index (χ4v) is 17.9. The Morgan fingerprint density at radius 3 is 2.43 bits per heavy atom. The topological polar surface area (TPSA) is 198 Å². The number of nitrogens with two attached hydrogens (primary N) is 1. The van der Waals surface area contributed by atoms with E-state index in [1.54, 1.807) is 6.92 Å². The monoisotopic (exact) mass is 902 g/mol. The van der Waals surface area contributed by atoms with Gasteiger partial charge in [-0.1, -0.05) is 76.5 Å². The minimum Gasteiger partial charge on any atom is -0.392 e. The lowest BCUT2D eigenvalue weighted by Crippen LogP contribution is -2.72. The SMILES string of the molecule is CCCC1CCC2OC3C(CCCCC3(O)C(C)(O)C3CCC4(O)C5=C(NCC(C)O)C(=O)C6CC(O)C(O)CC67CC(C6=CNC(N)C=C6)C=CC(CC34C3CCCCC3)C57)C2CC1. The number of fused-ring (bicyclic) bond motifs is 5. The molecule has 0 aromatic heterocycles. The summed E-state index contributed by atoms with van der Waals surface area (Å²) in [7, 11) is 0. The molecular formula is C54H83N3O8. The van der Waals surface area contributed by atoms with Crippen LogP contribution in [-0.2, 0) is 9.53 Å². The van der Waals surface area contributed by atoms with Crippen LogP contribution in [0.2, 0.25) is 0 Å². The van der Waals surface area contributed by atoms with Gasteiger partial charge in [0.2, 0.25) is 0 Å². The van der Waals surface area contributed by atoms with Gasteiger partial charge in [-0.25, -0.2) is 0 Å². The van der Waals surface area contributed by atoms with Gasteiger partial charge >= 0.3 is 0 Å². The van der Waals surface area contributed by atoms with Gasteiger partial charge in [0.25, 0.3) is 0 Å². The zero-order chi connectivity index (χ0) is 45.7. The summed E-state index contributed by atoms with van der Waals surface area (Å²) >= 11 is 0. The van der Waals surface area contributed by atoms with Gasteiger partial charge in [0, 0.05) is 30.0 Å². The van der Waals surface area contributed by atoms with E-state index in [4.69, 9.17) is 10.5 Å². The van der Waals surface area contributed by atoms with Crippen molar-refractivity contribution in [2.75, 3.05) is 6.54 Å². The zero-order valence-corrected chi connectivity index (χ0v) is 39.7. The molecule has 7 fully saturated rings. The summed E-state index contributed by atoms with van der Waals surface area (Å²) in [5, 5.41) is 83.0. The summed E-state index contributed by atoms with van der Waals surface area (Å²) in [6, 6.07) is 0. The van der Waals surface area contributed by atoms with Crippen LogP contribution in [0.3, 0.4) is 0 Å². The number of carbonyl (C=O) groups is 1. The maximum absolute atomic E-state index is 15.7. The van der Waals surface area contributed by atoms with Gasteiger partial charge in [-0.3, -0.25) is 4.79 Å². The summed E-state index contributed by atoms with van der Waals surface area (Å²) in [4.78, 5) is 15.7. The molecule has 2 heterocycles. The number of nitrogens with one attached hydrogen (secondary N) is 2. The van der Waals surface area contributed by atoms with Crippen LogP contribution >= 0.6 is 0 Å². The van der Waals surface area contributed by atoms with Crippen molar-refractivity contribution < 1.29 is 40.2 Å². The van der Waals surface area contributed by atoms with Crippen LogP contribution in [0.5, 0.6) is 0 Å². The molecule has 10 rings (SSSR count). The van der Waals surface area contributed by atoms with Crippen molar-refractivity contribution in [1.29, 1.82) is 0 Å². The van der Waals surface area contributed by atoms with Gasteiger partial charge in [-0.05, 0) is 161 Å². The quantitative estimate of drug-likeness (QED) is 0.119. The third kappa shape index (κ3) is 7.18. The Labute approximate surface area is 388 Å². The first-order chi connectivity index (χ1) is 31.1. The number of aliphatic hydroxyl groups excluding tert-OH is 3. The fraction of sp³-hybridized carbons (Fsp3) is 0.833. The highest BCUT2D eigenvalue weighted by molar-refractivity contribution is 6.00. The summed E-state index contributed by atoms with van der Waals surface area (Å²) in [6.45, 7) is 5.99. The number of ether oxygens (including phenoxy) is 1. The van der Waals surface area contributed by atoms with Crippen LogP contribution < -0.4 is 16.4 Å². The molecule has 0 aromatic rings. The maximum atomic E-state index is 15.7. The summed E-state index contributed by atoms with van der Waals surface area (Å²) in [5.41, 5.74) is 1.88. The summed E-state index contributed by atoms with van der Waals surface area (Å²) in [5.74, 6) is -0.696. The van der Waals surface area contributed by atoms with Crippen LogP contribution in [0.15, 0.2) is 47.3 Å². The number of rotatable bonds is 9. The fourth-order valence-electron chi connectivity index (χ4n) is 17.9. The number of hydrogen-bond donors (Lipinski definition) is 9. The van der Waals surface area contributed by atoms with Crippen molar-refractivity contribution in [3.63, 3.8) is 0 Å². The van der Waals surface area contributed by atoms with E-state index in [1.165, 1.54) is 19.3 Å². The van der Waals surface area contributed by atoms with E-state index in [9.17, 15) is 30.6 Å². The second-order valence-corrected chi connectivity index (χ2v) is 23.9. The van der Waals surface area contributed by atoms with Crippen LogP contribution in [-0.4, -0.2) is 96.5 Å². The third-order valence-electron chi connectivity index (χ3n) is 20.6. The Kier molecular flexibility index (Phi) is 12.5. The van der Waals surface area contributed by atoms with Crippen LogP contribution in [0.25, 0.3) is 0 Å². The highest BCUT2D eigenvalue weighted by Gasteiger charge is 2.78. The van der Waals surface area contributed by atoms with Gasteiger partial charge in [0.05, 0.1) is 53.6 Å². The molecule has 0 aromatic carbocycles. The normalized spacial score (nSPS) is 48.8.